The maximum atomic E-state index is 12.9. The predicted molar refractivity (Wildman–Crippen MR) is 149 cm³/mol. The Morgan fingerprint density at radius 1 is 0.925 bits per heavy atom. The molecule has 12 heteroatoms. The number of non-ortho nitro benzene ring substituents is 1. The molecule has 0 radical (unpaired) electrons. The fraction of sp³-hybridized carbons (Fsp3) is 0.0357. The number of nitro groups is 1. The minimum atomic E-state index is -4.24. The number of amides is 1. The number of nitro benzene ring substituents is 1. The minimum Gasteiger partial charge on any atom is -0.379 e. The SMILES string of the molecule is O=C(Cn1c2ccccc2c(=O)c2ccccc21)N/N=C\c1cccc(OS(=O)(=O)c2ccc([N+](=O)[O-])cc2)c1. The second kappa shape index (κ2) is 10.8. The van der Waals surface area contributed by atoms with E-state index in [0.29, 0.717) is 27.4 Å². The van der Waals surface area contributed by atoms with Crippen LogP contribution < -0.4 is 15.0 Å². The molecule has 4 aromatic carbocycles. The molecule has 0 unspecified atom stereocenters. The second-order valence-corrected chi connectivity index (χ2v) is 10.2. The van der Waals surface area contributed by atoms with Gasteiger partial charge in [-0.3, -0.25) is 19.7 Å². The highest BCUT2D eigenvalue weighted by molar-refractivity contribution is 7.87. The third-order valence-electron chi connectivity index (χ3n) is 5.98. The first-order valence-corrected chi connectivity index (χ1v) is 13.2. The van der Waals surface area contributed by atoms with Crippen molar-refractivity contribution in [3.8, 4) is 5.75 Å². The summed E-state index contributed by atoms with van der Waals surface area (Å²) in [4.78, 5) is 35.6. The molecular formula is C28H20N4O7S. The van der Waals surface area contributed by atoms with Crippen molar-refractivity contribution in [3.05, 3.63) is 123 Å². The number of carbonyl (C=O) groups is 1. The highest BCUT2D eigenvalue weighted by atomic mass is 32.2. The molecule has 5 aromatic rings. The number of carbonyl (C=O) groups excluding carboxylic acids is 1. The van der Waals surface area contributed by atoms with Gasteiger partial charge in [-0.1, -0.05) is 36.4 Å². The van der Waals surface area contributed by atoms with Crippen molar-refractivity contribution >= 4 is 49.7 Å². The summed E-state index contributed by atoms with van der Waals surface area (Å²) in [7, 11) is -4.24. The lowest BCUT2D eigenvalue weighted by Gasteiger charge is -2.14. The number of benzene rings is 4. The molecule has 1 aromatic heterocycles. The predicted octanol–water partition coefficient (Wildman–Crippen LogP) is 3.98. The van der Waals surface area contributed by atoms with Crippen LogP contribution in [-0.4, -0.2) is 30.0 Å². The zero-order valence-corrected chi connectivity index (χ0v) is 21.4. The second-order valence-electron chi connectivity index (χ2n) is 8.60. The van der Waals surface area contributed by atoms with E-state index in [2.05, 4.69) is 10.5 Å². The Kier molecular flexibility index (Phi) is 7.08. The van der Waals surface area contributed by atoms with Gasteiger partial charge in [0, 0.05) is 22.9 Å². The Morgan fingerprint density at radius 3 is 2.17 bits per heavy atom. The standard InChI is InChI=1S/C28H20N4O7S/c33-27(18-31-25-10-3-1-8-23(25)28(34)24-9-2-4-11-26(24)31)30-29-17-19-6-5-7-21(16-19)39-40(37,38)22-14-12-20(13-15-22)32(35)36/h1-17H,18H2,(H,30,33)/b29-17-. The molecule has 0 saturated heterocycles. The van der Waals surface area contributed by atoms with Crippen molar-refractivity contribution in [1.29, 1.82) is 0 Å². The molecule has 0 aliphatic rings. The molecule has 0 atom stereocenters. The van der Waals surface area contributed by atoms with Crippen LogP contribution in [0.4, 0.5) is 5.69 Å². The fourth-order valence-electron chi connectivity index (χ4n) is 4.16. The number of nitrogens with zero attached hydrogens (tertiary/aromatic N) is 3. The summed E-state index contributed by atoms with van der Waals surface area (Å²) in [5.74, 6) is -0.455. The summed E-state index contributed by atoms with van der Waals surface area (Å²) in [5, 5.41) is 15.8. The van der Waals surface area contributed by atoms with Gasteiger partial charge >= 0.3 is 10.1 Å². The van der Waals surface area contributed by atoms with Gasteiger partial charge in [0.1, 0.15) is 17.2 Å². The van der Waals surface area contributed by atoms with Gasteiger partial charge in [0.05, 0.1) is 22.2 Å². The van der Waals surface area contributed by atoms with Crippen LogP contribution in [0.1, 0.15) is 5.56 Å². The first-order chi connectivity index (χ1) is 19.2. The van der Waals surface area contributed by atoms with Crippen molar-refractivity contribution in [3.63, 3.8) is 0 Å². The third kappa shape index (κ3) is 5.42. The fourth-order valence-corrected chi connectivity index (χ4v) is 5.08. The number of hydrogen-bond donors (Lipinski definition) is 1. The molecule has 0 fully saturated rings. The molecule has 0 saturated carbocycles. The average Bonchev–Trinajstić information content (AvgIpc) is 2.95. The molecular weight excluding hydrogens is 536 g/mol. The Bertz CT molecular complexity index is 1910. The third-order valence-corrected chi connectivity index (χ3v) is 7.25. The maximum absolute atomic E-state index is 12.9. The number of para-hydroxylation sites is 2. The van der Waals surface area contributed by atoms with Gasteiger partial charge in [-0.25, -0.2) is 5.43 Å². The van der Waals surface area contributed by atoms with Crippen LogP contribution in [0.25, 0.3) is 21.8 Å². The zero-order valence-electron chi connectivity index (χ0n) is 20.6. The van der Waals surface area contributed by atoms with Crippen molar-refractivity contribution in [1.82, 2.24) is 9.99 Å². The van der Waals surface area contributed by atoms with Crippen molar-refractivity contribution in [2.75, 3.05) is 0 Å². The highest BCUT2D eigenvalue weighted by Crippen LogP contribution is 2.22. The summed E-state index contributed by atoms with van der Waals surface area (Å²) in [6.45, 7) is -0.102. The van der Waals surface area contributed by atoms with Gasteiger partial charge in [0.15, 0.2) is 5.43 Å². The summed E-state index contributed by atoms with van der Waals surface area (Å²) in [5.41, 5.74) is 3.76. The smallest absolute Gasteiger partial charge is 0.339 e. The van der Waals surface area contributed by atoms with E-state index in [0.717, 1.165) is 24.3 Å². The normalized spacial score (nSPS) is 11.6. The van der Waals surface area contributed by atoms with Gasteiger partial charge in [0.25, 0.3) is 11.6 Å². The van der Waals surface area contributed by atoms with E-state index in [9.17, 15) is 28.1 Å². The lowest BCUT2D eigenvalue weighted by atomic mass is 10.1. The number of nitrogens with one attached hydrogen (secondary N) is 1. The Labute approximate surface area is 227 Å². The Hall–Kier alpha value is -5.36. The van der Waals surface area contributed by atoms with Crippen LogP contribution in [0.3, 0.4) is 0 Å². The van der Waals surface area contributed by atoms with E-state index in [-0.39, 0.29) is 28.3 Å². The lowest BCUT2D eigenvalue weighted by Crippen LogP contribution is -2.25. The van der Waals surface area contributed by atoms with Gasteiger partial charge < -0.3 is 8.75 Å². The average molecular weight is 557 g/mol. The van der Waals surface area contributed by atoms with Crippen molar-refractivity contribution in [2.45, 2.75) is 11.4 Å². The van der Waals surface area contributed by atoms with Gasteiger partial charge in [-0.15, -0.1) is 0 Å². The largest absolute Gasteiger partial charge is 0.379 e. The maximum Gasteiger partial charge on any atom is 0.339 e. The van der Waals surface area contributed by atoms with E-state index < -0.39 is 20.9 Å². The molecule has 0 spiro atoms. The summed E-state index contributed by atoms with van der Waals surface area (Å²) >= 11 is 0. The molecule has 1 heterocycles. The molecule has 5 rings (SSSR count). The molecule has 200 valence electrons. The summed E-state index contributed by atoms with van der Waals surface area (Å²) in [6.07, 6.45) is 1.32. The summed E-state index contributed by atoms with van der Waals surface area (Å²) in [6, 6.07) is 24.4. The van der Waals surface area contributed by atoms with Gasteiger partial charge in [-0.05, 0) is 54.1 Å². The number of rotatable bonds is 8. The topological polar surface area (TPSA) is 150 Å². The van der Waals surface area contributed by atoms with E-state index >= 15 is 0 Å². The molecule has 0 aliphatic heterocycles. The Morgan fingerprint density at radius 2 is 1.55 bits per heavy atom. The molecule has 11 nitrogen and oxygen atoms in total. The Balaban J connectivity index is 1.30. The zero-order chi connectivity index (χ0) is 28.3. The molecule has 1 amide bonds. The van der Waals surface area contributed by atoms with Gasteiger partial charge in [0.2, 0.25) is 0 Å². The molecule has 0 aliphatic carbocycles. The van der Waals surface area contributed by atoms with Crippen LogP contribution >= 0.6 is 0 Å². The number of pyridine rings is 1. The van der Waals surface area contributed by atoms with Crippen LogP contribution in [0.2, 0.25) is 0 Å². The lowest BCUT2D eigenvalue weighted by molar-refractivity contribution is -0.384. The van der Waals surface area contributed by atoms with Crippen LogP contribution in [0.15, 0.2) is 112 Å². The van der Waals surface area contributed by atoms with Crippen molar-refractivity contribution < 1.29 is 22.3 Å². The highest BCUT2D eigenvalue weighted by Gasteiger charge is 2.18. The quantitative estimate of drug-likeness (QED) is 0.0998. The number of aromatic nitrogens is 1. The first-order valence-electron chi connectivity index (χ1n) is 11.8. The first kappa shape index (κ1) is 26.3. The number of fused-ring (bicyclic) bond motifs is 2. The van der Waals surface area contributed by atoms with E-state index in [1.807, 2.05) is 0 Å². The van der Waals surface area contributed by atoms with E-state index in [4.69, 9.17) is 4.18 Å². The molecule has 1 N–H and O–H groups in total. The van der Waals surface area contributed by atoms with E-state index in [1.165, 1.54) is 18.3 Å². The van der Waals surface area contributed by atoms with Crippen LogP contribution in [0, 0.1) is 10.1 Å². The monoisotopic (exact) mass is 556 g/mol. The molecule has 40 heavy (non-hydrogen) atoms. The van der Waals surface area contributed by atoms with Gasteiger partial charge in [-0.2, -0.15) is 13.5 Å². The summed E-state index contributed by atoms with van der Waals surface area (Å²) < 4.78 is 32.0. The molecule has 0 bridgehead atoms. The van der Waals surface area contributed by atoms with Crippen LogP contribution in [0.5, 0.6) is 5.75 Å². The minimum absolute atomic E-state index is 0.0140. The van der Waals surface area contributed by atoms with Crippen molar-refractivity contribution in [2.24, 2.45) is 5.10 Å². The van der Waals surface area contributed by atoms with Crippen LogP contribution in [-0.2, 0) is 21.5 Å². The van der Waals surface area contributed by atoms with E-state index in [1.54, 1.807) is 65.2 Å². The number of hydrogen-bond acceptors (Lipinski definition) is 8. The number of hydrazone groups is 1.